The van der Waals surface area contributed by atoms with E-state index in [0.29, 0.717) is 5.52 Å². The number of aromatic hydroxyl groups is 1. The van der Waals surface area contributed by atoms with Crippen molar-refractivity contribution in [3.05, 3.63) is 42.0 Å². The molecule has 0 unspecified atom stereocenters. The van der Waals surface area contributed by atoms with Gasteiger partial charge in [0.2, 0.25) is 0 Å². The number of carbonyl (C=O) groups is 1. The van der Waals surface area contributed by atoms with E-state index in [1.165, 1.54) is 6.07 Å². The van der Waals surface area contributed by atoms with Gasteiger partial charge in [-0.2, -0.15) is 0 Å². The quantitative estimate of drug-likeness (QED) is 0.592. The van der Waals surface area contributed by atoms with Gasteiger partial charge in [0, 0.05) is 67.7 Å². The maximum absolute atomic E-state index is 11.1. The zero-order valence-electron chi connectivity index (χ0n) is 9.77. The van der Waals surface area contributed by atoms with E-state index in [2.05, 4.69) is 4.98 Å². The van der Waals surface area contributed by atoms with E-state index < -0.39 is 5.97 Å². The molecular weight excluding hydrogens is 257 g/mol. The van der Waals surface area contributed by atoms with Crippen molar-refractivity contribution in [2.75, 3.05) is 0 Å². The minimum Gasteiger partial charge on any atom is -0.507 e. The molecule has 0 atom stereocenters. The van der Waals surface area contributed by atoms with Crippen LogP contribution in [0.4, 0.5) is 0 Å². The Kier molecular flexibility index (Phi) is 3.79. The predicted molar refractivity (Wildman–Crippen MR) is 70.2 cm³/mol. The van der Waals surface area contributed by atoms with E-state index in [9.17, 15) is 9.90 Å². The van der Waals surface area contributed by atoms with Crippen molar-refractivity contribution >= 4 is 79.2 Å². The van der Waals surface area contributed by atoms with Crippen LogP contribution < -0.4 is 0 Å². The molecule has 1 heterocycles. The van der Waals surface area contributed by atoms with Crippen molar-refractivity contribution in [3.63, 3.8) is 0 Å². The summed E-state index contributed by atoms with van der Waals surface area (Å²) >= 11 is 0. The van der Waals surface area contributed by atoms with Crippen LogP contribution in [0.5, 0.6) is 5.75 Å². The Morgan fingerprint density at radius 3 is 2.50 bits per heavy atom. The van der Waals surface area contributed by atoms with E-state index in [-0.39, 0.29) is 62.7 Å². The zero-order chi connectivity index (χ0) is 12.0. The van der Waals surface area contributed by atoms with Crippen LogP contribution in [-0.4, -0.2) is 72.6 Å². The molecule has 85 valence electrons. The zero-order valence-corrected chi connectivity index (χ0v) is 12.9. The van der Waals surface area contributed by atoms with Crippen LogP contribution in [0.25, 0.3) is 21.8 Å². The molecular formula is C13H9KNO3. The fourth-order valence-corrected chi connectivity index (χ4v) is 2.12. The summed E-state index contributed by atoms with van der Waals surface area (Å²) in [4.78, 5) is 14.2. The van der Waals surface area contributed by atoms with E-state index in [1.54, 1.807) is 6.07 Å². The number of hydrogen-bond donors (Lipinski definition) is 3. The van der Waals surface area contributed by atoms with E-state index in [0.717, 1.165) is 16.3 Å². The second-order valence-corrected chi connectivity index (χ2v) is 3.86. The van der Waals surface area contributed by atoms with Crippen LogP contribution in [0.15, 0.2) is 36.4 Å². The number of nitrogens with one attached hydrogen (secondary N) is 1. The molecule has 3 N–H and O–H groups in total. The van der Waals surface area contributed by atoms with Gasteiger partial charge in [-0.25, -0.2) is 4.79 Å². The fraction of sp³-hybridized carbons (Fsp3) is 0. The Morgan fingerprint density at radius 1 is 1.06 bits per heavy atom. The molecule has 0 spiro atoms. The van der Waals surface area contributed by atoms with Crippen LogP contribution in [-0.2, 0) is 0 Å². The second-order valence-electron chi connectivity index (χ2n) is 3.86. The van der Waals surface area contributed by atoms with E-state index in [4.69, 9.17) is 5.11 Å². The average molecular weight is 266 g/mol. The first-order chi connectivity index (χ1) is 8.18. The number of aromatic nitrogens is 1. The Morgan fingerprint density at radius 2 is 1.78 bits per heavy atom. The van der Waals surface area contributed by atoms with E-state index in [1.807, 2.05) is 24.3 Å². The summed E-state index contributed by atoms with van der Waals surface area (Å²) in [5.74, 6) is -1.36. The van der Waals surface area contributed by atoms with Gasteiger partial charge in [0.1, 0.15) is 11.3 Å². The number of aromatic amines is 1. The number of fused-ring (bicyclic) bond motifs is 3. The number of carboxylic acid groups (broad SMARTS) is 1. The molecule has 3 aromatic rings. The van der Waals surface area contributed by atoms with Gasteiger partial charge in [-0.1, -0.05) is 18.2 Å². The minimum absolute atomic E-state index is 0. The third-order valence-corrected chi connectivity index (χ3v) is 2.87. The van der Waals surface area contributed by atoms with Crippen molar-refractivity contribution < 1.29 is 15.0 Å². The molecule has 3 rings (SSSR count). The molecule has 0 saturated carbocycles. The topological polar surface area (TPSA) is 73.3 Å². The first kappa shape index (κ1) is 13.6. The number of aromatic carboxylic acids is 1. The molecule has 5 heteroatoms. The molecule has 0 saturated heterocycles. The monoisotopic (exact) mass is 266 g/mol. The number of carboxylic acids is 1. The number of H-pyrrole nitrogens is 1. The maximum atomic E-state index is 11.1. The molecule has 4 nitrogen and oxygen atoms in total. The van der Waals surface area contributed by atoms with Gasteiger partial charge in [-0.15, -0.1) is 0 Å². The van der Waals surface area contributed by atoms with Crippen LogP contribution in [0.3, 0.4) is 0 Å². The first-order valence-electron chi connectivity index (χ1n) is 5.14. The summed E-state index contributed by atoms with van der Waals surface area (Å²) < 4.78 is 0. The molecule has 2 aromatic carbocycles. The molecule has 0 aliphatic heterocycles. The molecule has 0 amide bonds. The molecule has 1 aromatic heterocycles. The third kappa shape index (κ3) is 1.98. The molecule has 0 aliphatic rings. The number of rotatable bonds is 1. The largest absolute Gasteiger partial charge is 0.507 e. The normalized spacial score (nSPS) is 10.4. The number of benzene rings is 2. The summed E-state index contributed by atoms with van der Waals surface area (Å²) in [6, 6.07) is 10.7. The van der Waals surface area contributed by atoms with Crippen LogP contribution in [0, 0.1) is 0 Å². The summed E-state index contributed by atoms with van der Waals surface area (Å²) in [6.45, 7) is 0. The predicted octanol–water partition coefficient (Wildman–Crippen LogP) is 2.34. The van der Waals surface area contributed by atoms with Gasteiger partial charge in [0.05, 0.1) is 5.52 Å². The Bertz CT molecular complexity index is 748. The van der Waals surface area contributed by atoms with Gasteiger partial charge < -0.3 is 15.2 Å². The number of hydrogen-bond acceptors (Lipinski definition) is 2. The van der Waals surface area contributed by atoms with Crippen molar-refractivity contribution in [2.45, 2.75) is 0 Å². The SMILES string of the molecule is O=C(O)c1c(O)ccc2c1[nH]c1ccccc12.[K]. The van der Waals surface area contributed by atoms with Gasteiger partial charge in [0.25, 0.3) is 0 Å². The molecule has 0 bridgehead atoms. The molecule has 0 fully saturated rings. The van der Waals surface area contributed by atoms with Gasteiger partial charge >= 0.3 is 5.97 Å². The third-order valence-electron chi connectivity index (χ3n) is 2.87. The number of phenols is 1. The standard InChI is InChI=1S/C13H9NO3.K/c15-10-6-5-8-7-3-1-2-4-9(7)14-12(8)11(10)13(16)17;/h1-6,14-15H,(H,16,17);. The van der Waals surface area contributed by atoms with Gasteiger partial charge in [-0.3, -0.25) is 0 Å². The van der Waals surface area contributed by atoms with Crippen LogP contribution >= 0.6 is 0 Å². The summed E-state index contributed by atoms with van der Waals surface area (Å²) in [5, 5.41) is 20.5. The second kappa shape index (κ2) is 5.03. The summed E-state index contributed by atoms with van der Waals surface area (Å²) in [5.41, 5.74) is 1.23. The summed E-state index contributed by atoms with van der Waals surface area (Å²) in [6.07, 6.45) is 0. The van der Waals surface area contributed by atoms with Crippen molar-refractivity contribution in [2.24, 2.45) is 0 Å². The first-order valence-corrected chi connectivity index (χ1v) is 5.14. The Balaban J connectivity index is 0.00000120. The Labute approximate surface area is 145 Å². The summed E-state index contributed by atoms with van der Waals surface area (Å²) in [7, 11) is 0. The van der Waals surface area contributed by atoms with Crippen molar-refractivity contribution in [1.29, 1.82) is 0 Å². The Hall–Kier alpha value is -0.854. The van der Waals surface area contributed by atoms with Crippen molar-refractivity contribution in [1.82, 2.24) is 4.98 Å². The average Bonchev–Trinajstić information content (AvgIpc) is 2.66. The molecule has 1 radical (unpaired) electrons. The van der Waals surface area contributed by atoms with E-state index >= 15 is 0 Å². The molecule has 0 aliphatic carbocycles. The smallest absolute Gasteiger partial charge is 0.341 e. The molecule has 18 heavy (non-hydrogen) atoms. The van der Waals surface area contributed by atoms with Gasteiger partial charge in [0.15, 0.2) is 0 Å². The van der Waals surface area contributed by atoms with Crippen LogP contribution in [0.2, 0.25) is 0 Å². The maximum Gasteiger partial charge on any atom is 0.341 e. The van der Waals surface area contributed by atoms with Crippen molar-refractivity contribution in [3.8, 4) is 5.75 Å². The number of para-hydroxylation sites is 1. The van der Waals surface area contributed by atoms with Crippen LogP contribution in [0.1, 0.15) is 10.4 Å². The van der Waals surface area contributed by atoms with Gasteiger partial charge in [-0.05, 0) is 18.2 Å². The fourth-order valence-electron chi connectivity index (χ4n) is 2.12. The minimum atomic E-state index is -1.14.